The third kappa shape index (κ3) is 3.06. The molecular formula is C18H24N4. The summed E-state index contributed by atoms with van der Waals surface area (Å²) in [6.45, 7) is 6.27. The first-order chi connectivity index (χ1) is 10.8. The molecule has 0 aliphatic heterocycles. The van der Waals surface area contributed by atoms with E-state index in [4.69, 9.17) is 0 Å². The summed E-state index contributed by atoms with van der Waals surface area (Å²) in [4.78, 5) is 11.4. The lowest BCUT2D eigenvalue weighted by Crippen LogP contribution is -2.23. The van der Waals surface area contributed by atoms with Gasteiger partial charge in [0, 0.05) is 19.3 Å². The van der Waals surface area contributed by atoms with Gasteiger partial charge in [-0.25, -0.2) is 4.98 Å². The number of aryl methyl sites for hydroxylation is 1. The van der Waals surface area contributed by atoms with Gasteiger partial charge in [0.05, 0.1) is 23.6 Å². The molecule has 0 saturated carbocycles. The first-order valence-electron chi connectivity index (χ1n) is 8.23. The first-order valence-corrected chi connectivity index (χ1v) is 8.23. The SMILES string of the molecule is CCN(CC)c1ccc(NC2CCCc3cccnc32)cn1. The van der Waals surface area contributed by atoms with E-state index in [-0.39, 0.29) is 0 Å². The van der Waals surface area contributed by atoms with E-state index < -0.39 is 0 Å². The summed E-state index contributed by atoms with van der Waals surface area (Å²) in [5, 5.41) is 3.60. The molecule has 3 rings (SSSR count). The number of hydrogen-bond donors (Lipinski definition) is 1. The molecule has 0 aromatic carbocycles. The van der Waals surface area contributed by atoms with Crippen LogP contribution in [-0.4, -0.2) is 23.1 Å². The predicted octanol–water partition coefficient (Wildman–Crippen LogP) is 3.81. The highest BCUT2D eigenvalue weighted by atomic mass is 15.2. The molecule has 0 amide bonds. The molecule has 22 heavy (non-hydrogen) atoms. The third-order valence-electron chi connectivity index (χ3n) is 4.37. The number of rotatable bonds is 5. The van der Waals surface area contributed by atoms with Gasteiger partial charge >= 0.3 is 0 Å². The molecule has 0 bridgehead atoms. The second-order valence-electron chi connectivity index (χ2n) is 5.71. The molecule has 0 saturated heterocycles. The van der Waals surface area contributed by atoms with Crippen LogP contribution < -0.4 is 10.2 Å². The maximum atomic E-state index is 4.59. The van der Waals surface area contributed by atoms with Crippen molar-refractivity contribution in [3.8, 4) is 0 Å². The number of anilines is 2. The van der Waals surface area contributed by atoms with Crippen molar-refractivity contribution >= 4 is 11.5 Å². The fraction of sp³-hybridized carbons (Fsp3) is 0.444. The highest BCUT2D eigenvalue weighted by Gasteiger charge is 2.21. The standard InChI is InChI=1S/C18H24N4/c1-3-22(4-2)17-11-10-15(13-20-17)21-16-9-5-7-14-8-6-12-19-18(14)16/h6,8,10-13,16,21H,3-5,7,9H2,1-2H3. The monoisotopic (exact) mass is 296 g/mol. The maximum Gasteiger partial charge on any atom is 0.128 e. The van der Waals surface area contributed by atoms with Crippen molar-refractivity contribution in [2.45, 2.75) is 39.2 Å². The predicted molar refractivity (Wildman–Crippen MR) is 91.3 cm³/mol. The molecule has 2 heterocycles. The van der Waals surface area contributed by atoms with Crippen molar-refractivity contribution in [3.63, 3.8) is 0 Å². The van der Waals surface area contributed by atoms with Gasteiger partial charge < -0.3 is 10.2 Å². The van der Waals surface area contributed by atoms with Crippen molar-refractivity contribution in [1.82, 2.24) is 9.97 Å². The smallest absolute Gasteiger partial charge is 0.128 e. The summed E-state index contributed by atoms with van der Waals surface area (Å²) < 4.78 is 0. The van der Waals surface area contributed by atoms with Crippen molar-refractivity contribution in [2.75, 3.05) is 23.3 Å². The largest absolute Gasteiger partial charge is 0.375 e. The Morgan fingerprint density at radius 2 is 2.05 bits per heavy atom. The average Bonchev–Trinajstić information content (AvgIpc) is 2.58. The lowest BCUT2D eigenvalue weighted by Gasteiger charge is -2.26. The average molecular weight is 296 g/mol. The van der Waals surface area contributed by atoms with Crippen LogP contribution in [0.2, 0.25) is 0 Å². The lowest BCUT2D eigenvalue weighted by atomic mass is 9.92. The summed E-state index contributed by atoms with van der Waals surface area (Å²) in [5.41, 5.74) is 3.64. The van der Waals surface area contributed by atoms with Gasteiger partial charge in [0.2, 0.25) is 0 Å². The Kier molecular flexibility index (Phi) is 4.56. The molecule has 1 atom stereocenters. The highest BCUT2D eigenvalue weighted by molar-refractivity contribution is 5.50. The fourth-order valence-corrected chi connectivity index (χ4v) is 3.16. The Morgan fingerprint density at radius 3 is 2.77 bits per heavy atom. The van der Waals surface area contributed by atoms with Crippen molar-refractivity contribution < 1.29 is 0 Å². The third-order valence-corrected chi connectivity index (χ3v) is 4.37. The molecular weight excluding hydrogens is 272 g/mol. The fourth-order valence-electron chi connectivity index (χ4n) is 3.16. The van der Waals surface area contributed by atoms with E-state index in [0.29, 0.717) is 6.04 Å². The molecule has 4 nitrogen and oxygen atoms in total. The lowest BCUT2D eigenvalue weighted by molar-refractivity contribution is 0.583. The Labute approximate surface area is 132 Å². The summed E-state index contributed by atoms with van der Waals surface area (Å²) in [6.07, 6.45) is 7.30. The summed E-state index contributed by atoms with van der Waals surface area (Å²) in [6, 6.07) is 8.74. The minimum Gasteiger partial charge on any atom is -0.375 e. The molecule has 116 valence electrons. The van der Waals surface area contributed by atoms with Gasteiger partial charge in [-0.2, -0.15) is 0 Å². The number of hydrogen-bond acceptors (Lipinski definition) is 4. The van der Waals surface area contributed by atoms with Crippen LogP contribution in [0.5, 0.6) is 0 Å². The maximum absolute atomic E-state index is 4.59. The second kappa shape index (κ2) is 6.77. The van der Waals surface area contributed by atoms with Gasteiger partial charge in [0.15, 0.2) is 0 Å². The molecule has 2 aromatic rings. The van der Waals surface area contributed by atoms with E-state index in [2.05, 4.69) is 52.2 Å². The summed E-state index contributed by atoms with van der Waals surface area (Å²) in [7, 11) is 0. The zero-order chi connectivity index (χ0) is 15.4. The van der Waals surface area contributed by atoms with Crippen LogP contribution in [0.3, 0.4) is 0 Å². The van der Waals surface area contributed by atoms with Gasteiger partial charge in [-0.05, 0) is 56.9 Å². The van der Waals surface area contributed by atoms with Crippen LogP contribution in [0.25, 0.3) is 0 Å². The number of nitrogens with one attached hydrogen (secondary N) is 1. The van der Waals surface area contributed by atoms with Gasteiger partial charge in [-0.1, -0.05) is 6.07 Å². The molecule has 1 N–H and O–H groups in total. The number of fused-ring (bicyclic) bond motifs is 1. The second-order valence-corrected chi connectivity index (χ2v) is 5.71. The van der Waals surface area contributed by atoms with E-state index in [1.165, 1.54) is 17.7 Å². The van der Waals surface area contributed by atoms with Crippen LogP contribution >= 0.6 is 0 Å². The van der Waals surface area contributed by atoms with Crippen LogP contribution in [0.4, 0.5) is 11.5 Å². The van der Waals surface area contributed by atoms with E-state index in [9.17, 15) is 0 Å². The zero-order valence-electron chi connectivity index (χ0n) is 13.4. The van der Waals surface area contributed by atoms with E-state index in [0.717, 1.165) is 37.4 Å². The molecule has 0 spiro atoms. The number of aromatic nitrogens is 2. The Hall–Kier alpha value is -2.10. The van der Waals surface area contributed by atoms with Crippen LogP contribution in [0.15, 0.2) is 36.7 Å². The normalized spacial score (nSPS) is 16.9. The summed E-state index contributed by atoms with van der Waals surface area (Å²) in [5.74, 6) is 1.04. The van der Waals surface area contributed by atoms with Crippen molar-refractivity contribution in [3.05, 3.63) is 47.9 Å². The zero-order valence-corrected chi connectivity index (χ0v) is 13.4. The molecule has 1 unspecified atom stereocenters. The van der Waals surface area contributed by atoms with Crippen molar-refractivity contribution in [2.24, 2.45) is 0 Å². The molecule has 2 aromatic heterocycles. The minimum absolute atomic E-state index is 0.297. The topological polar surface area (TPSA) is 41.0 Å². The molecule has 0 radical (unpaired) electrons. The Morgan fingerprint density at radius 1 is 1.18 bits per heavy atom. The van der Waals surface area contributed by atoms with E-state index in [1.54, 1.807) is 0 Å². The molecule has 1 aliphatic rings. The molecule has 4 heteroatoms. The van der Waals surface area contributed by atoms with Crippen LogP contribution in [0, 0.1) is 0 Å². The molecule has 1 aliphatic carbocycles. The number of pyridine rings is 2. The highest BCUT2D eigenvalue weighted by Crippen LogP contribution is 2.30. The van der Waals surface area contributed by atoms with Gasteiger partial charge in [-0.15, -0.1) is 0 Å². The van der Waals surface area contributed by atoms with Gasteiger partial charge in [0.1, 0.15) is 5.82 Å². The van der Waals surface area contributed by atoms with Crippen molar-refractivity contribution in [1.29, 1.82) is 0 Å². The quantitative estimate of drug-likeness (QED) is 0.911. The van der Waals surface area contributed by atoms with E-state index in [1.807, 2.05) is 18.5 Å². The number of nitrogens with zero attached hydrogens (tertiary/aromatic N) is 3. The Balaban J connectivity index is 1.74. The van der Waals surface area contributed by atoms with Crippen LogP contribution in [0.1, 0.15) is 44.0 Å². The van der Waals surface area contributed by atoms with Gasteiger partial charge in [0.25, 0.3) is 0 Å². The van der Waals surface area contributed by atoms with Crippen LogP contribution in [-0.2, 0) is 6.42 Å². The minimum atomic E-state index is 0.297. The first kappa shape index (κ1) is 14.8. The Bertz CT molecular complexity index is 605. The molecule has 0 fully saturated rings. The van der Waals surface area contributed by atoms with E-state index >= 15 is 0 Å². The van der Waals surface area contributed by atoms with Gasteiger partial charge in [-0.3, -0.25) is 4.98 Å². The summed E-state index contributed by atoms with van der Waals surface area (Å²) >= 11 is 0.